The van der Waals surface area contributed by atoms with Gasteiger partial charge < -0.3 is 20.8 Å². The normalized spacial score (nSPS) is 28.3. The van der Waals surface area contributed by atoms with Crippen LogP contribution in [0.5, 0.6) is 0 Å². The molecule has 11 heteroatoms. The predicted octanol–water partition coefficient (Wildman–Crippen LogP) is 0.318. The first-order chi connectivity index (χ1) is 14.3. The van der Waals surface area contributed by atoms with Crippen molar-refractivity contribution in [3.8, 4) is 0 Å². The maximum Gasteiger partial charge on any atom is 0.333 e. The second kappa shape index (κ2) is 8.44. The van der Waals surface area contributed by atoms with E-state index in [1.807, 2.05) is 12.1 Å². The molecule has 0 spiro atoms. The van der Waals surface area contributed by atoms with Gasteiger partial charge in [0.25, 0.3) is 0 Å². The van der Waals surface area contributed by atoms with Gasteiger partial charge in [0.1, 0.15) is 24.1 Å². The molecular formula is C19H25N5O5S. The van der Waals surface area contributed by atoms with E-state index in [2.05, 4.69) is 36.9 Å². The lowest BCUT2D eigenvalue weighted by molar-refractivity contribution is 0.00778. The summed E-state index contributed by atoms with van der Waals surface area (Å²) >= 11 is 0. The Morgan fingerprint density at radius 1 is 1.13 bits per heavy atom. The first kappa shape index (κ1) is 20.9. The molecule has 10 nitrogen and oxygen atoms in total. The summed E-state index contributed by atoms with van der Waals surface area (Å²) in [5.41, 5.74) is 2.59. The highest BCUT2D eigenvalue weighted by molar-refractivity contribution is 7.84. The van der Waals surface area contributed by atoms with Gasteiger partial charge in [0.05, 0.1) is 24.8 Å². The molecule has 1 aromatic carbocycles. The Balaban J connectivity index is 1.40. The minimum absolute atomic E-state index is 0.169. The Morgan fingerprint density at radius 3 is 2.63 bits per heavy atom. The molecule has 0 bridgehead atoms. The zero-order chi connectivity index (χ0) is 21.3. The zero-order valence-electron chi connectivity index (χ0n) is 16.2. The molecule has 162 valence electrons. The summed E-state index contributed by atoms with van der Waals surface area (Å²) in [5, 5.41) is 31.9. The molecule has 1 heterocycles. The highest BCUT2D eigenvalue weighted by Gasteiger charge is 2.42. The van der Waals surface area contributed by atoms with Crippen molar-refractivity contribution in [3.05, 3.63) is 47.8 Å². The van der Waals surface area contributed by atoms with Gasteiger partial charge in [-0.1, -0.05) is 24.3 Å². The van der Waals surface area contributed by atoms with E-state index in [-0.39, 0.29) is 12.6 Å². The molecule has 1 aromatic heterocycles. The fraction of sp³-hybridized carbons (Fsp3) is 0.474. The Bertz CT molecular complexity index is 1000. The monoisotopic (exact) mass is 435 g/mol. The van der Waals surface area contributed by atoms with Crippen molar-refractivity contribution in [1.29, 1.82) is 0 Å². The largest absolute Gasteiger partial charge is 0.390 e. The van der Waals surface area contributed by atoms with Crippen molar-refractivity contribution in [2.75, 3.05) is 17.2 Å². The number of rotatable bonds is 7. The van der Waals surface area contributed by atoms with Crippen molar-refractivity contribution in [2.45, 2.75) is 43.6 Å². The van der Waals surface area contributed by atoms with E-state index in [9.17, 15) is 18.6 Å². The van der Waals surface area contributed by atoms with Gasteiger partial charge in [0.2, 0.25) is 0 Å². The molecule has 5 atom stereocenters. The predicted molar refractivity (Wildman–Crippen MR) is 110 cm³/mol. The number of hydrogen-bond donors (Lipinski definition) is 5. The van der Waals surface area contributed by atoms with Gasteiger partial charge in [-0.15, -0.1) is 0 Å². The van der Waals surface area contributed by atoms with Crippen LogP contribution in [0.4, 0.5) is 11.6 Å². The lowest BCUT2D eigenvalue weighted by Gasteiger charge is -2.19. The summed E-state index contributed by atoms with van der Waals surface area (Å²) < 4.78 is 26.5. The molecule has 0 amide bonds. The third-order valence-electron chi connectivity index (χ3n) is 5.70. The number of nitrogens with one attached hydrogen (secondary N) is 2. The van der Waals surface area contributed by atoms with Crippen LogP contribution in [0.25, 0.3) is 0 Å². The summed E-state index contributed by atoms with van der Waals surface area (Å²) in [7, 11) is -4.11. The van der Waals surface area contributed by atoms with Crippen LogP contribution in [0.3, 0.4) is 0 Å². The molecule has 0 saturated heterocycles. The van der Waals surface area contributed by atoms with Crippen LogP contribution in [-0.4, -0.2) is 53.5 Å². The number of hydrogen-bond acceptors (Lipinski definition) is 9. The van der Waals surface area contributed by atoms with E-state index < -0.39 is 34.5 Å². The third-order valence-corrected chi connectivity index (χ3v) is 6.17. The molecule has 0 radical (unpaired) electrons. The maximum absolute atomic E-state index is 11.0. The highest BCUT2D eigenvalue weighted by atomic mass is 32.2. The second-order valence-electron chi connectivity index (χ2n) is 7.73. The summed E-state index contributed by atoms with van der Waals surface area (Å²) in [6.07, 6.45) is 1.46. The summed E-state index contributed by atoms with van der Waals surface area (Å²) in [6.45, 7) is -0.299. The van der Waals surface area contributed by atoms with Gasteiger partial charge in [-0.2, -0.15) is 8.42 Å². The molecule has 6 N–H and O–H groups in total. The number of anilines is 2. The lowest BCUT2D eigenvalue weighted by atomic mass is 10.1. The number of nitrogens with two attached hydrogens (primary N) is 1. The molecule has 4 rings (SSSR count). The molecule has 2 aliphatic rings. The van der Waals surface area contributed by atoms with Crippen LogP contribution in [0.15, 0.2) is 36.7 Å². The van der Waals surface area contributed by atoms with E-state index in [4.69, 9.17) is 5.14 Å². The van der Waals surface area contributed by atoms with Gasteiger partial charge in [-0.25, -0.2) is 15.1 Å². The van der Waals surface area contributed by atoms with Crippen molar-refractivity contribution in [1.82, 2.24) is 9.97 Å². The molecule has 30 heavy (non-hydrogen) atoms. The van der Waals surface area contributed by atoms with Crippen LogP contribution in [0.2, 0.25) is 0 Å². The van der Waals surface area contributed by atoms with Crippen molar-refractivity contribution in [3.63, 3.8) is 0 Å². The quantitative estimate of drug-likeness (QED) is 0.412. The Kier molecular flexibility index (Phi) is 5.89. The minimum atomic E-state index is -4.11. The molecule has 2 aliphatic carbocycles. The average Bonchev–Trinajstić information content (AvgIpc) is 3.23. The Morgan fingerprint density at radius 2 is 1.87 bits per heavy atom. The van der Waals surface area contributed by atoms with Crippen molar-refractivity contribution < 1.29 is 22.8 Å². The van der Waals surface area contributed by atoms with Crippen LogP contribution in [-0.2, 0) is 20.9 Å². The molecule has 2 aromatic rings. The van der Waals surface area contributed by atoms with E-state index in [1.54, 1.807) is 6.07 Å². The lowest BCUT2D eigenvalue weighted by Crippen LogP contribution is -2.36. The van der Waals surface area contributed by atoms with Crippen LogP contribution in [0.1, 0.15) is 30.0 Å². The van der Waals surface area contributed by atoms with Crippen LogP contribution in [0, 0.1) is 5.92 Å². The van der Waals surface area contributed by atoms with E-state index >= 15 is 0 Å². The number of nitrogens with zero attached hydrogens (tertiary/aromatic N) is 2. The Labute approximate surface area is 174 Å². The smallest absolute Gasteiger partial charge is 0.333 e. The first-order valence-corrected chi connectivity index (χ1v) is 11.2. The van der Waals surface area contributed by atoms with Crippen molar-refractivity contribution >= 4 is 21.9 Å². The highest BCUT2D eigenvalue weighted by Crippen LogP contribution is 2.34. The number of aryl methyl sites for hydroxylation is 1. The standard InChI is InChI=1S/C19H25N5O5S/c20-30(27,28)29-9-12-7-15(19(26)18(12)25)24-17-8-16(21-10-22-17)23-14-6-5-11-3-1-2-4-13(11)14/h1-4,8,10,12,14-15,18-19,25-26H,5-7,9H2,(H2,20,27,28)(H2,21,22,23,24)/t12-,14+,15-,18-,19+/m1/s1. The van der Waals surface area contributed by atoms with E-state index in [0.717, 1.165) is 12.8 Å². The van der Waals surface area contributed by atoms with Gasteiger partial charge in [-0.05, 0) is 30.4 Å². The van der Waals surface area contributed by atoms with Crippen LogP contribution < -0.4 is 15.8 Å². The van der Waals surface area contributed by atoms with E-state index in [0.29, 0.717) is 18.1 Å². The topological polar surface area (TPSA) is 160 Å². The molecule has 0 unspecified atom stereocenters. The maximum atomic E-state index is 11.0. The van der Waals surface area contributed by atoms with Gasteiger partial charge in [0, 0.05) is 12.0 Å². The number of aliphatic hydroxyl groups excluding tert-OH is 2. The van der Waals surface area contributed by atoms with Crippen LogP contribution >= 0.6 is 0 Å². The minimum Gasteiger partial charge on any atom is -0.390 e. The molecular weight excluding hydrogens is 410 g/mol. The molecule has 0 aliphatic heterocycles. The average molecular weight is 436 g/mol. The van der Waals surface area contributed by atoms with Crippen molar-refractivity contribution in [2.24, 2.45) is 11.1 Å². The zero-order valence-corrected chi connectivity index (χ0v) is 17.0. The fourth-order valence-electron chi connectivity index (χ4n) is 4.21. The molecule has 1 saturated carbocycles. The third kappa shape index (κ3) is 4.71. The van der Waals surface area contributed by atoms with E-state index in [1.165, 1.54) is 17.5 Å². The number of fused-ring (bicyclic) bond motifs is 1. The second-order valence-corrected chi connectivity index (χ2v) is 8.95. The summed E-state index contributed by atoms with van der Waals surface area (Å²) in [5.74, 6) is 0.560. The SMILES string of the molecule is NS(=O)(=O)OC[C@H]1C[C@@H](Nc2cc(N[C@H]3CCc4ccccc43)ncn2)[C@H](O)[C@@H]1O. The molecule has 1 fully saturated rings. The van der Waals surface area contributed by atoms with Gasteiger partial charge in [-0.3, -0.25) is 4.18 Å². The fourth-order valence-corrected chi connectivity index (χ4v) is 4.57. The Hall–Kier alpha value is -2.31. The number of aliphatic hydroxyl groups is 2. The van der Waals surface area contributed by atoms with Gasteiger partial charge in [0.15, 0.2) is 0 Å². The number of benzene rings is 1. The summed E-state index contributed by atoms with van der Waals surface area (Å²) in [4.78, 5) is 8.47. The first-order valence-electron chi connectivity index (χ1n) is 9.76. The summed E-state index contributed by atoms with van der Waals surface area (Å²) in [6, 6.07) is 9.69. The van der Waals surface area contributed by atoms with Gasteiger partial charge >= 0.3 is 10.3 Å². The number of aromatic nitrogens is 2.